The van der Waals surface area contributed by atoms with Crippen molar-refractivity contribution in [1.82, 2.24) is 19.5 Å². The van der Waals surface area contributed by atoms with Crippen LogP contribution < -0.4 is 0 Å². The number of hydrogen-bond donors (Lipinski definition) is 0. The van der Waals surface area contributed by atoms with Gasteiger partial charge in [-0.15, -0.1) is 0 Å². The normalized spacial score (nSPS) is 12.5. The van der Waals surface area contributed by atoms with Crippen LogP contribution in [-0.2, 0) is 0 Å². The molecule has 1 aliphatic rings. The first-order chi connectivity index (χ1) is 30.7. The van der Waals surface area contributed by atoms with Crippen LogP contribution >= 0.6 is 0 Å². The van der Waals surface area contributed by atoms with Crippen molar-refractivity contribution in [3.05, 3.63) is 224 Å². The molecule has 0 saturated heterocycles. The summed E-state index contributed by atoms with van der Waals surface area (Å²) in [7, 11) is 0. The van der Waals surface area contributed by atoms with Crippen LogP contribution in [0.3, 0.4) is 0 Å². The number of aromatic nitrogens is 4. The fourth-order valence-electron chi connectivity index (χ4n) is 8.74. The SMILES string of the molecule is Cc1cc(-n2c3ccc(-c4ccccc4)cc3c3c4ccccc4c(C4=CC=CCC=C4)cc32)cccc2c(-c3nc(-c4ccccc4)nc(-c4ccccc4)n3)cccc2o1. The van der Waals surface area contributed by atoms with E-state index in [-0.39, 0.29) is 0 Å². The van der Waals surface area contributed by atoms with Gasteiger partial charge < -0.3 is 8.98 Å². The molecule has 0 spiro atoms. The lowest BCUT2D eigenvalue weighted by atomic mass is 9.93. The van der Waals surface area contributed by atoms with Crippen LogP contribution in [0, 0.1) is 6.92 Å². The second kappa shape index (κ2) is 15.8. The van der Waals surface area contributed by atoms with Crippen LogP contribution in [0.5, 0.6) is 0 Å². The molecule has 0 radical (unpaired) electrons. The Morgan fingerprint density at radius 3 is 1.85 bits per heavy atom. The minimum Gasteiger partial charge on any atom is -0.461 e. The monoisotopic (exact) mass is 796 g/mol. The Labute approximate surface area is 359 Å². The van der Waals surface area contributed by atoms with Crippen LogP contribution in [0.15, 0.2) is 217 Å². The predicted octanol–water partition coefficient (Wildman–Crippen LogP) is 14.9. The topological polar surface area (TPSA) is 56.7 Å². The van der Waals surface area contributed by atoms with Gasteiger partial charge in [-0.1, -0.05) is 176 Å². The van der Waals surface area contributed by atoms with E-state index in [1.165, 1.54) is 43.8 Å². The highest BCUT2D eigenvalue weighted by atomic mass is 16.3. The van der Waals surface area contributed by atoms with Crippen molar-refractivity contribution in [3.8, 4) is 51.0 Å². The molecule has 0 saturated carbocycles. The molecule has 294 valence electrons. The van der Waals surface area contributed by atoms with E-state index in [0.717, 1.165) is 51.0 Å². The molecule has 0 fully saturated rings. The zero-order valence-electron chi connectivity index (χ0n) is 34.1. The van der Waals surface area contributed by atoms with E-state index < -0.39 is 0 Å². The molecular weight excluding hydrogens is 757 g/mol. The molecule has 3 heterocycles. The molecule has 0 atom stereocenters. The fourth-order valence-corrected chi connectivity index (χ4v) is 8.74. The third kappa shape index (κ3) is 6.76. The predicted molar refractivity (Wildman–Crippen MR) is 256 cm³/mol. The molecule has 3 aromatic heterocycles. The number of hydrogen-bond acceptors (Lipinski definition) is 4. The van der Waals surface area contributed by atoms with E-state index in [1.54, 1.807) is 0 Å². The Hall–Kier alpha value is -8.15. The Bertz CT molecular complexity index is 3430. The van der Waals surface area contributed by atoms with Gasteiger partial charge in [-0.3, -0.25) is 0 Å². The summed E-state index contributed by atoms with van der Waals surface area (Å²) in [6.45, 7) is 2.02. The first-order valence-electron chi connectivity index (χ1n) is 21.0. The van der Waals surface area contributed by atoms with Crippen molar-refractivity contribution in [2.75, 3.05) is 0 Å². The molecule has 0 amide bonds. The molecule has 1 aliphatic carbocycles. The first kappa shape index (κ1) is 36.9. The Balaban J connectivity index is 1.16. The van der Waals surface area contributed by atoms with Crippen LogP contribution in [0.4, 0.5) is 0 Å². The van der Waals surface area contributed by atoms with Gasteiger partial charge in [0, 0.05) is 44.6 Å². The van der Waals surface area contributed by atoms with E-state index in [9.17, 15) is 0 Å². The van der Waals surface area contributed by atoms with Crippen LogP contribution in [0.25, 0.3) is 100 Å². The van der Waals surface area contributed by atoms with Gasteiger partial charge in [0.1, 0.15) is 11.3 Å². The maximum absolute atomic E-state index is 6.80. The van der Waals surface area contributed by atoms with Gasteiger partial charge in [0.05, 0.1) is 11.0 Å². The second-order valence-electron chi connectivity index (χ2n) is 15.5. The largest absolute Gasteiger partial charge is 0.461 e. The van der Waals surface area contributed by atoms with E-state index in [4.69, 9.17) is 19.4 Å². The molecule has 0 bridgehead atoms. The summed E-state index contributed by atoms with van der Waals surface area (Å²) in [4.78, 5) is 15.1. The fraction of sp³-hybridized carbons (Fsp3) is 0.0351. The number of allylic oxidation sites excluding steroid dienone is 6. The summed E-state index contributed by atoms with van der Waals surface area (Å²) in [5.74, 6) is 2.54. The highest BCUT2D eigenvalue weighted by Crippen LogP contribution is 2.42. The number of benzene rings is 7. The highest BCUT2D eigenvalue weighted by Gasteiger charge is 2.20. The van der Waals surface area contributed by atoms with E-state index in [1.807, 2.05) is 79.7 Å². The number of aryl methyl sites for hydroxylation is 1. The number of fused-ring (bicyclic) bond motifs is 6. The zero-order chi connectivity index (χ0) is 41.4. The summed E-state index contributed by atoms with van der Waals surface area (Å²) in [6, 6.07) is 63.4. The Morgan fingerprint density at radius 2 is 1.11 bits per heavy atom. The maximum atomic E-state index is 6.80. The lowest BCUT2D eigenvalue weighted by molar-refractivity contribution is 0.568. The van der Waals surface area contributed by atoms with Crippen molar-refractivity contribution in [2.45, 2.75) is 13.3 Å². The van der Waals surface area contributed by atoms with Gasteiger partial charge >= 0.3 is 0 Å². The van der Waals surface area contributed by atoms with Crippen LogP contribution in [0.2, 0.25) is 0 Å². The summed E-state index contributed by atoms with van der Waals surface area (Å²) >= 11 is 0. The molecule has 0 N–H and O–H groups in total. The average molecular weight is 797 g/mol. The first-order valence-corrected chi connectivity index (χ1v) is 21.0. The van der Waals surface area contributed by atoms with Crippen molar-refractivity contribution >= 4 is 49.1 Å². The van der Waals surface area contributed by atoms with Crippen LogP contribution in [-0.4, -0.2) is 19.5 Å². The van der Waals surface area contributed by atoms with E-state index in [0.29, 0.717) is 23.1 Å². The lowest BCUT2D eigenvalue weighted by Gasteiger charge is -2.12. The number of rotatable bonds is 6. The third-order valence-electron chi connectivity index (χ3n) is 11.6. The summed E-state index contributed by atoms with van der Waals surface area (Å²) in [5, 5.41) is 5.72. The van der Waals surface area contributed by atoms with Crippen LogP contribution in [0.1, 0.15) is 17.7 Å². The van der Waals surface area contributed by atoms with Crippen molar-refractivity contribution in [1.29, 1.82) is 0 Å². The summed E-state index contributed by atoms with van der Waals surface area (Å²) < 4.78 is 9.19. The molecule has 5 nitrogen and oxygen atoms in total. The molecule has 62 heavy (non-hydrogen) atoms. The minimum absolute atomic E-state index is 0.570. The highest BCUT2D eigenvalue weighted by molar-refractivity contribution is 6.24. The smallest absolute Gasteiger partial charge is 0.164 e. The minimum atomic E-state index is 0.570. The van der Waals surface area contributed by atoms with Gasteiger partial charge in [0.2, 0.25) is 0 Å². The van der Waals surface area contributed by atoms with Crippen molar-refractivity contribution in [3.63, 3.8) is 0 Å². The van der Waals surface area contributed by atoms with Gasteiger partial charge in [-0.05, 0) is 76.7 Å². The molecule has 11 rings (SSSR count). The van der Waals surface area contributed by atoms with Crippen molar-refractivity contribution < 1.29 is 4.42 Å². The molecule has 0 unspecified atom stereocenters. The Morgan fingerprint density at radius 1 is 0.468 bits per heavy atom. The molecule has 5 heteroatoms. The average Bonchev–Trinajstić information content (AvgIpc) is 3.45. The standard InChI is InChI=1S/C57H40N4O/c1-38-35-44(27-17-30-46-48(31-18-32-53(46)62-38)57-59-55(41-23-11-5-12-24-41)58-56(60-57)42-25-13-6-14-26-42)61-51-34-33-43(39-19-9-4-10-20-39)36-50(51)54-47-29-16-15-28-45(47)49(37-52(54)61)40-21-7-2-3-8-22-40/h2,4-37H,3H2,1H3. The van der Waals surface area contributed by atoms with Gasteiger partial charge in [-0.25, -0.2) is 15.0 Å². The van der Waals surface area contributed by atoms with Gasteiger partial charge in [0.25, 0.3) is 0 Å². The maximum Gasteiger partial charge on any atom is 0.164 e. The quantitative estimate of drug-likeness (QED) is 0.168. The van der Waals surface area contributed by atoms with Gasteiger partial charge in [-0.2, -0.15) is 0 Å². The van der Waals surface area contributed by atoms with Crippen molar-refractivity contribution in [2.24, 2.45) is 0 Å². The summed E-state index contributed by atoms with van der Waals surface area (Å²) in [5.41, 5.74) is 11.3. The molecular formula is C57H40N4O. The zero-order valence-corrected chi connectivity index (χ0v) is 34.1. The third-order valence-corrected chi connectivity index (χ3v) is 11.6. The second-order valence-corrected chi connectivity index (χ2v) is 15.5. The van der Waals surface area contributed by atoms with E-state index >= 15 is 0 Å². The molecule has 0 aliphatic heterocycles. The van der Waals surface area contributed by atoms with Gasteiger partial charge in [0.15, 0.2) is 17.5 Å². The molecule has 7 aromatic carbocycles. The molecule has 10 aromatic rings. The summed E-state index contributed by atoms with van der Waals surface area (Å²) in [6.07, 6.45) is 12.0. The lowest BCUT2D eigenvalue weighted by Crippen LogP contribution is -2.00. The Kier molecular flexibility index (Phi) is 9.40. The van der Waals surface area contributed by atoms with E-state index in [2.05, 4.69) is 144 Å². The number of nitrogens with zero attached hydrogens (tertiary/aromatic N) is 4.